The van der Waals surface area contributed by atoms with Crippen LogP contribution in [-0.2, 0) is 26.2 Å². The van der Waals surface area contributed by atoms with Crippen molar-refractivity contribution < 1.29 is 27.5 Å². The summed E-state index contributed by atoms with van der Waals surface area (Å²) in [5.41, 5.74) is 1.10. The molecular formula is C32H39N3O6S. The minimum absolute atomic E-state index is 0.0568. The molecule has 0 aromatic heterocycles. The molecule has 0 saturated heterocycles. The Kier molecular flexibility index (Phi) is 10.5. The Morgan fingerprint density at radius 3 is 2.00 bits per heavy atom. The lowest BCUT2D eigenvalue weighted by atomic mass is 10.1. The first-order valence-corrected chi connectivity index (χ1v) is 15.7. The van der Waals surface area contributed by atoms with E-state index in [9.17, 15) is 18.0 Å². The molecule has 0 unspecified atom stereocenters. The summed E-state index contributed by atoms with van der Waals surface area (Å²) in [4.78, 5) is 29.3. The molecule has 2 amide bonds. The first kappa shape index (κ1) is 30.9. The Morgan fingerprint density at radius 1 is 0.881 bits per heavy atom. The second-order valence-corrected chi connectivity index (χ2v) is 12.2. The number of nitrogens with one attached hydrogen (secondary N) is 1. The maximum Gasteiger partial charge on any atom is 0.264 e. The number of nitrogens with zero attached hydrogens (tertiary/aromatic N) is 2. The van der Waals surface area contributed by atoms with Crippen molar-refractivity contribution in [3.05, 3.63) is 84.4 Å². The number of sulfonamides is 1. The van der Waals surface area contributed by atoms with Crippen LogP contribution in [0.25, 0.3) is 0 Å². The van der Waals surface area contributed by atoms with Gasteiger partial charge in [0.1, 0.15) is 24.1 Å². The molecule has 224 valence electrons. The van der Waals surface area contributed by atoms with Crippen LogP contribution in [0.15, 0.2) is 83.8 Å². The van der Waals surface area contributed by atoms with Crippen molar-refractivity contribution in [3.8, 4) is 11.5 Å². The molecule has 0 aliphatic heterocycles. The number of benzene rings is 3. The lowest BCUT2D eigenvalue weighted by Gasteiger charge is -2.33. The Hall–Kier alpha value is -4.05. The summed E-state index contributed by atoms with van der Waals surface area (Å²) in [6.07, 6.45) is 4.31. The maximum absolute atomic E-state index is 14.2. The van der Waals surface area contributed by atoms with Gasteiger partial charge in [0.25, 0.3) is 10.0 Å². The Bertz CT molecular complexity index is 1420. The molecule has 0 spiro atoms. The van der Waals surface area contributed by atoms with Crippen LogP contribution in [0.5, 0.6) is 11.5 Å². The summed E-state index contributed by atoms with van der Waals surface area (Å²) < 4.78 is 39.4. The zero-order chi connectivity index (χ0) is 30.1. The maximum atomic E-state index is 14.2. The van der Waals surface area contributed by atoms with Crippen LogP contribution in [0.3, 0.4) is 0 Å². The number of amides is 2. The summed E-state index contributed by atoms with van der Waals surface area (Å²) >= 11 is 0. The minimum atomic E-state index is -4.13. The first-order chi connectivity index (χ1) is 20.3. The quantitative estimate of drug-likeness (QED) is 0.306. The van der Waals surface area contributed by atoms with Crippen molar-refractivity contribution in [1.29, 1.82) is 0 Å². The molecule has 0 bridgehead atoms. The molecule has 1 atom stereocenters. The van der Waals surface area contributed by atoms with E-state index in [0.717, 1.165) is 35.6 Å². The fourth-order valence-corrected chi connectivity index (χ4v) is 6.65. The van der Waals surface area contributed by atoms with Gasteiger partial charge in [0.2, 0.25) is 11.8 Å². The van der Waals surface area contributed by atoms with Gasteiger partial charge in [0, 0.05) is 12.6 Å². The summed E-state index contributed by atoms with van der Waals surface area (Å²) in [6.45, 7) is 1.49. The van der Waals surface area contributed by atoms with Gasteiger partial charge in [-0.1, -0.05) is 50.1 Å². The smallest absolute Gasteiger partial charge is 0.264 e. The van der Waals surface area contributed by atoms with Gasteiger partial charge in [0.05, 0.1) is 24.8 Å². The van der Waals surface area contributed by atoms with Gasteiger partial charge >= 0.3 is 0 Å². The zero-order valence-electron chi connectivity index (χ0n) is 24.4. The van der Waals surface area contributed by atoms with E-state index in [0.29, 0.717) is 23.6 Å². The summed E-state index contributed by atoms with van der Waals surface area (Å²) in [5.74, 6) is 0.503. The predicted molar refractivity (Wildman–Crippen MR) is 162 cm³/mol. The number of anilines is 1. The van der Waals surface area contributed by atoms with Gasteiger partial charge in [-0.25, -0.2) is 8.42 Å². The van der Waals surface area contributed by atoms with Crippen LogP contribution < -0.4 is 19.1 Å². The average molecular weight is 594 g/mol. The van der Waals surface area contributed by atoms with Gasteiger partial charge in [-0.15, -0.1) is 0 Å². The fraction of sp³-hybridized carbons (Fsp3) is 0.375. The molecule has 42 heavy (non-hydrogen) atoms. The van der Waals surface area contributed by atoms with E-state index < -0.39 is 28.5 Å². The van der Waals surface area contributed by atoms with E-state index in [4.69, 9.17) is 9.47 Å². The Labute approximate surface area is 248 Å². The Morgan fingerprint density at radius 2 is 1.45 bits per heavy atom. The molecule has 1 fully saturated rings. The van der Waals surface area contributed by atoms with Gasteiger partial charge < -0.3 is 19.7 Å². The summed E-state index contributed by atoms with van der Waals surface area (Å²) in [6, 6.07) is 21.0. The predicted octanol–water partition coefficient (Wildman–Crippen LogP) is 4.77. The third-order valence-corrected chi connectivity index (χ3v) is 9.36. The molecule has 3 aromatic carbocycles. The molecule has 1 aliphatic carbocycles. The molecule has 10 heteroatoms. The normalized spacial score (nSPS) is 14.2. The molecular weight excluding hydrogens is 554 g/mol. The number of hydrogen-bond acceptors (Lipinski definition) is 6. The highest BCUT2D eigenvalue weighted by Gasteiger charge is 2.34. The zero-order valence-corrected chi connectivity index (χ0v) is 25.2. The van der Waals surface area contributed by atoms with Crippen LogP contribution in [0.1, 0.15) is 44.6 Å². The lowest BCUT2D eigenvalue weighted by Crippen LogP contribution is -2.53. The summed E-state index contributed by atoms with van der Waals surface area (Å²) in [7, 11) is -1.03. The molecule has 1 N–H and O–H groups in total. The van der Waals surface area contributed by atoms with Crippen molar-refractivity contribution >= 4 is 27.5 Å². The number of carbonyl (C=O) groups excluding carboxylic acids is 2. The molecule has 9 nitrogen and oxygen atoms in total. The second-order valence-electron chi connectivity index (χ2n) is 10.3. The van der Waals surface area contributed by atoms with Crippen molar-refractivity contribution in [2.45, 2.75) is 62.6 Å². The largest absolute Gasteiger partial charge is 0.497 e. The highest BCUT2D eigenvalue weighted by atomic mass is 32.2. The van der Waals surface area contributed by atoms with Crippen LogP contribution in [0.4, 0.5) is 5.69 Å². The molecule has 4 rings (SSSR count). The van der Waals surface area contributed by atoms with Crippen molar-refractivity contribution in [3.63, 3.8) is 0 Å². The van der Waals surface area contributed by atoms with Crippen molar-refractivity contribution in [1.82, 2.24) is 10.2 Å². The number of ether oxygens (including phenoxy) is 2. The van der Waals surface area contributed by atoms with E-state index >= 15 is 0 Å². The van der Waals surface area contributed by atoms with Crippen LogP contribution >= 0.6 is 0 Å². The molecule has 3 aromatic rings. The number of hydrogen-bond donors (Lipinski definition) is 1. The van der Waals surface area contributed by atoms with E-state index in [1.165, 1.54) is 24.1 Å². The number of rotatable bonds is 13. The molecule has 1 saturated carbocycles. The molecule has 0 heterocycles. The van der Waals surface area contributed by atoms with Gasteiger partial charge in [-0.05, 0) is 73.4 Å². The number of methoxy groups -OCH3 is 2. The first-order valence-electron chi connectivity index (χ1n) is 14.2. The SMILES string of the molecule is CC[C@H](C(=O)NC1CCCC1)N(Cc1ccc(OC)cc1)C(=O)CN(c1ccc(OC)cc1)S(=O)(=O)c1ccccc1. The third-order valence-electron chi connectivity index (χ3n) is 7.57. The van der Waals surface area contributed by atoms with Crippen LogP contribution in [0, 0.1) is 0 Å². The van der Waals surface area contributed by atoms with Crippen LogP contribution in [-0.4, -0.2) is 58.0 Å². The lowest BCUT2D eigenvalue weighted by molar-refractivity contribution is -0.140. The number of carbonyl (C=O) groups is 2. The summed E-state index contributed by atoms with van der Waals surface area (Å²) in [5, 5.41) is 3.12. The van der Waals surface area contributed by atoms with Gasteiger partial charge in [-0.3, -0.25) is 13.9 Å². The minimum Gasteiger partial charge on any atom is -0.497 e. The Balaban J connectivity index is 1.70. The van der Waals surface area contributed by atoms with Gasteiger partial charge in [-0.2, -0.15) is 0 Å². The van der Waals surface area contributed by atoms with E-state index in [1.54, 1.807) is 61.7 Å². The molecule has 1 aliphatic rings. The molecule has 0 radical (unpaired) electrons. The topological polar surface area (TPSA) is 105 Å². The fourth-order valence-electron chi connectivity index (χ4n) is 5.21. The monoisotopic (exact) mass is 593 g/mol. The van der Waals surface area contributed by atoms with Crippen molar-refractivity contribution in [2.24, 2.45) is 0 Å². The highest BCUT2D eigenvalue weighted by molar-refractivity contribution is 7.92. The second kappa shape index (κ2) is 14.2. The van der Waals surface area contributed by atoms with Crippen molar-refractivity contribution in [2.75, 3.05) is 25.1 Å². The highest BCUT2D eigenvalue weighted by Crippen LogP contribution is 2.27. The van der Waals surface area contributed by atoms with E-state index in [2.05, 4.69) is 5.32 Å². The van der Waals surface area contributed by atoms with E-state index in [1.807, 2.05) is 19.1 Å². The average Bonchev–Trinajstić information content (AvgIpc) is 3.53. The van der Waals surface area contributed by atoms with E-state index in [-0.39, 0.29) is 23.4 Å². The van der Waals surface area contributed by atoms with Crippen LogP contribution in [0.2, 0.25) is 0 Å². The standard InChI is InChI=1S/C32H39N3O6S/c1-4-30(32(37)33-25-10-8-9-11-25)34(22-24-14-18-27(40-2)19-15-24)31(36)23-35(26-16-20-28(41-3)21-17-26)42(38,39)29-12-6-5-7-13-29/h5-7,12-21,25,30H,4,8-11,22-23H2,1-3H3,(H,33,37)/t30-/m1/s1. The van der Waals surface area contributed by atoms with Gasteiger partial charge in [0.15, 0.2) is 0 Å². The third kappa shape index (κ3) is 7.42.